The fourth-order valence-corrected chi connectivity index (χ4v) is 3.15. The number of carbonyl (C=O) groups is 4. The van der Waals surface area contributed by atoms with Gasteiger partial charge in [-0.05, 0) is 36.8 Å². The van der Waals surface area contributed by atoms with Crippen molar-refractivity contribution in [3.8, 4) is 17.1 Å². The van der Waals surface area contributed by atoms with Gasteiger partial charge in [-0.3, -0.25) is 19.6 Å². The standard InChI is InChI=1S/C22H27N3O8/c1-2-3-4-5-14(11-19(27)25-32)20(28)23-12-24-21(29)18-9-8-17(33-18)13-6-7-16(26)15(10-13)22(30)31/h6-10,14,26,32H,2-5,11-12H2,1H3,(H,23,28)(H,24,29)(H,25,27)(H,30,31)/t14-/m1/s1. The van der Waals surface area contributed by atoms with E-state index in [2.05, 4.69) is 10.6 Å². The number of hydrogen-bond donors (Lipinski definition) is 6. The van der Waals surface area contributed by atoms with Crippen LogP contribution in [-0.2, 0) is 9.59 Å². The van der Waals surface area contributed by atoms with Gasteiger partial charge in [0.15, 0.2) is 5.76 Å². The molecule has 0 aliphatic rings. The van der Waals surface area contributed by atoms with E-state index >= 15 is 0 Å². The van der Waals surface area contributed by atoms with Crippen molar-refractivity contribution in [2.45, 2.75) is 39.0 Å². The molecule has 0 saturated carbocycles. The normalized spacial score (nSPS) is 11.5. The largest absolute Gasteiger partial charge is 0.507 e. The van der Waals surface area contributed by atoms with Crippen LogP contribution < -0.4 is 16.1 Å². The molecule has 1 aromatic heterocycles. The van der Waals surface area contributed by atoms with Crippen molar-refractivity contribution in [2.75, 3.05) is 6.67 Å². The van der Waals surface area contributed by atoms with E-state index in [0.29, 0.717) is 12.0 Å². The number of amides is 3. The predicted molar refractivity (Wildman–Crippen MR) is 115 cm³/mol. The lowest BCUT2D eigenvalue weighted by molar-refractivity contribution is -0.135. The van der Waals surface area contributed by atoms with Gasteiger partial charge in [0.05, 0.1) is 6.67 Å². The Bertz CT molecular complexity index is 1000. The number of nitrogens with one attached hydrogen (secondary N) is 3. The summed E-state index contributed by atoms with van der Waals surface area (Å²) in [7, 11) is 0. The molecule has 1 atom stereocenters. The van der Waals surface area contributed by atoms with Gasteiger partial charge in [-0.2, -0.15) is 0 Å². The maximum Gasteiger partial charge on any atom is 0.339 e. The summed E-state index contributed by atoms with van der Waals surface area (Å²) in [5.41, 5.74) is 1.57. The first kappa shape index (κ1) is 25.4. The zero-order chi connectivity index (χ0) is 24.4. The number of benzene rings is 1. The minimum absolute atomic E-state index is 0.0663. The van der Waals surface area contributed by atoms with E-state index in [1.165, 1.54) is 35.8 Å². The number of aromatic hydroxyl groups is 1. The zero-order valence-corrected chi connectivity index (χ0v) is 18.1. The molecule has 0 aliphatic carbocycles. The topological polar surface area (TPSA) is 178 Å². The molecule has 0 aliphatic heterocycles. The molecule has 0 bridgehead atoms. The molecule has 0 fully saturated rings. The van der Waals surface area contributed by atoms with Crippen LogP contribution in [0.5, 0.6) is 5.75 Å². The zero-order valence-electron chi connectivity index (χ0n) is 18.1. The van der Waals surface area contributed by atoms with Gasteiger partial charge in [-0.1, -0.05) is 26.2 Å². The van der Waals surface area contributed by atoms with E-state index in [9.17, 15) is 24.3 Å². The second kappa shape index (κ2) is 12.2. The van der Waals surface area contributed by atoms with Crippen molar-refractivity contribution in [1.29, 1.82) is 0 Å². The summed E-state index contributed by atoms with van der Waals surface area (Å²) in [6, 6.07) is 6.75. The lowest BCUT2D eigenvalue weighted by Gasteiger charge is -2.16. The van der Waals surface area contributed by atoms with E-state index in [1.807, 2.05) is 6.92 Å². The quantitative estimate of drug-likeness (QED) is 0.121. The van der Waals surface area contributed by atoms with Gasteiger partial charge in [-0.15, -0.1) is 0 Å². The van der Waals surface area contributed by atoms with Crippen LogP contribution in [0.15, 0.2) is 34.7 Å². The second-order valence-corrected chi connectivity index (χ2v) is 7.36. The molecule has 178 valence electrons. The third-order valence-corrected chi connectivity index (χ3v) is 4.94. The van der Waals surface area contributed by atoms with E-state index in [-0.39, 0.29) is 30.2 Å². The van der Waals surface area contributed by atoms with Gasteiger partial charge in [0.2, 0.25) is 11.8 Å². The maximum absolute atomic E-state index is 12.4. The molecule has 0 radical (unpaired) electrons. The van der Waals surface area contributed by atoms with Gasteiger partial charge < -0.3 is 25.3 Å². The summed E-state index contributed by atoms with van der Waals surface area (Å²) >= 11 is 0. The lowest BCUT2D eigenvalue weighted by Crippen LogP contribution is -2.41. The minimum Gasteiger partial charge on any atom is -0.507 e. The molecule has 33 heavy (non-hydrogen) atoms. The molecule has 3 amide bonds. The number of rotatable bonds is 12. The number of aromatic carboxylic acids is 1. The third kappa shape index (κ3) is 7.35. The second-order valence-electron chi connectivity index (χ2n) is 7.36. The summed E-state index contributed by atoms with van der Waals surface area (Å²) in [4.78, 5) is 47.3. The smallest absolute Gasteiger partial charge is 0.339 e. The lowest BCUT2D eigenvalue weighted by atomic mass is 9.96. The van der Waals surface area contributed by atoms with Crippen molar-refractivity contribution < 1.29 is 39.0 Å². The summed E-state index contributed by atoms with van der Waals surface area (Å²) in [5.74, 6) is -3.90. The summed E-state index contributed by atoms with van der Waals surface area (Å²) in [6.45, 7) is 1.80. The monoisotopic (exact) mass is 461 g/mol. The third-order valence-electron chi connectivity index (χ3n) is 4.94. The fourth-order valence-electron chi connectivity index (χ4n) is 3.15. The Morgan fingerprint density at radius 1 is 1.06 bits per heavy atom. The predicted octanol–water partition coefficient (Wildman–Crippen LogP) is 2.25. The first-order valence-corrected chi connectivity index (χ1v) is 10.4. The average molecular weight is 461 g/mol. The Morgan fingerprint density at radius 2 is 1.82 bits per heavy atom. The Balaban J connectivity index is 1.94. The number of hydroxylamine groups is 1. The number of carboxylic acid groups (broad SMARTS) is 1. The molecule has 2 rings (SSSR count). The van der Waals surface area contributed by atoms with Crippen LogP contribution in [-0.4, -0.2) is 45.8 Å². The number of unbranched alkanes of at least 4 members (excludes halogenated alkanes) is 2. The number of hydrogen-bond acceptors (Lipinski definition) is 7. The van der Waals surface area contributed by atoms with Crippen LogP contribution in [0.4, 0.5) is 0 Å². The molecule has 0 saturated heterocycles. The van der Waals surface area contributed by atoms with Crippen molar-refractivity contribution in [1.82, 2.24) is 16.1 Å². The molecule has 6 N–H and O–H groups in total. The van der Waals surface area contributed by atoms with E-state index in [0.717, 1.165) is 19.3 Å². The number of phenols is 1. The van der Waals surface area contributed by atoms with Crippen molar-refractivity contribution in [2.24, 2.45) is 5.92 Å². The average Bonchev–Trinajstić information content (AvgIpc) is 3.28. The summed E-state index contributed by atoms with van der Waals surface area (Å²) in [6.07, 6.45) is 2.89. The van der Waals surface area contributed by atoms with E-state index < -0.39 is 35.4 Å². The highest BCUT2D eigenvalue weighted by Gasteiger charge is 2.22. The Morgan fingerprint density at radius 3 is 2.48 bits per heavy atom. The van der Waals surface area contributed by atoms with Gasteiger partial charge in [0.1, 0.15) is 17.1 Å². The first-order chi connectivity index (χ1) is 15.8. The van der Waals surface area contributed by atoms with Crippen LogP contribution >= 0.6 is 0 Å². The SMILES string of the molecule is CCCCC[C@H](CC(=O)NO)C(=O)NCNC(=O)c1ccc(-c2ccc(O)c(C(=O)O)c2)o1. The van der Waals surface area contributed by atoms with Gasteiger partial charge >= 0.3 is 5.97 Å². The minimum atomic E-state index is -1.31. The Kier molecular flexibility index (Phi) is 9.43. The van der Waals surface area contributed by atoms with E-state index in [1.54, 1.807) is 0 Å². The van der Waals surface area contributed by atoms with Gasteiger partial charge in [0, 0.05) is 17.9 Å². The van der Waals surface area contributed by atoms with Crippen LogP contribution in [0.1, 0.15) is 59.9 Å². The van der Waals surface area contributed by atoms with Crippen LogP contribution in [0.3, 0.4) is 0 Å². The highest BCUT2D eigenvalue weighted by atomic mass is 16.5. The van der Waals surface area contributed by atoms with Crippen molar-refractivity contribution in [3.63, 3.8) is 0 Å². The Labute approximate surface area is 189 Å². The summed E-state index contributed by atoms with van der Waals surface area (Å²) < 4.78 is 5.46. The number of furan rings is 1. The highest BCUT2D eigenvalue weighted by Crippen LogP contribution is 2.27. The van der Waals surface area contributed by atoms with Gasteiger partial charge in [-0.25, -0.2) is 10.3 Å². The molecule has 1 aromatic carbocycles. The Hall–Kier alpha value is -3.86. The van der Waals surface area contributed by atoms with Crippen LogP contribution in [0.25, 0.3) is 11.3 Å². The molecule has 11 nitrogen and oxygen atoms in total. The van der Waals surface area contributed by atoms with Crippen molar-refractivity contribution in [3.05, 3.63) is 41.7 Å². The van der Waals surface area contributed by atoms with Crippen LogP contribution in [0, 0.1) is 5.92 Å². The molecular formula is C22H27N3O8. The first-order valence-electron chi connectivity index (χ1n) is 10.4. The van der Waals surface area contributed by atoms with Crippen molar-refractivity contribution >= 4 is 23.7 Å². The molecule has 0 unspecified atom stereocenters. The molecule has 1 heterocycles. The molecule has 0 spiro atoms. The maximum atomic E-state index is 12.4. The van der Waals surface area contributed by atoms with Crippen LogP contribution in [0.2, 0.25) is 0 Å². The highest BCUT2D eigenvalue weighted by molar-refractivity contribution is 5.94. The molecule has 11 heteroatoms. The number of carboxylic acids is 1. The van der Waals surface area contributed by atoms with Gasteiger partial charge in [0.25, 0.3) is 5.91 Å². The fraction of sp³-hybridized carbons (Fsp3) is 0.364. The van der Waals surface area contributed by atoms with E-state index in [4.69, 9.17) is 14.7 Å². The molecule has 2 aromatic rings. The summed E-state index contributed by atoms with van der Waals surface area (Å²) in [5, 5.41) is 32.4. The molecular weight excluding hydrogens is 434 g/mol. The number of carbonyl (C=O) groups excluding carboxylic acids is 3.